The minimum atomic E-state index is -0.347. The Hall–Kier alpha value is -1.39. The maximum atomic E-state index is 13.2. The molecule has 0 bridgehead atoms. The zero-order chi connectivity index (χ0) is 19.1. The van der Waals surface area contributed by atoms with Crippen LogP contribution in [-0.4, -0.2) is 41.3 Å². The molecule has 3 heterocycles. The Morgan fingerprint density at radius 2 is 1.96 bits per heavy atom. The first-order chi connectivity index (χ1) is 13.5. The van der Waals surface area contributed by atoms with E-state index in [4.69, 9.17) is 9.47 Å². The predicted molar refractivity (Wildman–Crippen MR) is 106 cm³/mol. The highest BCUT2D eigenvalue weighted by atomic mass is 16.7. The number of carbonyl (C=O) groups is 1. The lowest BCUT2D eigenvalue weighted by molar-refractivity contribution is -0.168. The van der Waals surface area contributed by atoms with Crippen molar-refractivity contribution in [2.45, 2.75) is 69.8 Å². The molecule has 0 N–H and O–H groups in total. The number of fused-ring (bicyclic) bond motifs is 2. The van der Waals surface area contributed by atoms with E-state index in [1.807, 2.05) is 0 Å². The topological polar surface area (TPSA) is 42.1 Å². The zero-order valence-electron chi connectivity index (χ0n) is 17.0. The molecule has 0 unspecified atom stereocenters. The van der Waals surface area contributed by atoms with Gasteiger partial charge in [0.25, 0.3) is 0 Å². The van der Waals surface area contributed by atoms with Crippen LogP contribution in [0.5, 0.6) is 0 Å². The molecule has 2 saturated carbocycles. The smallest absolute Gasteiger partial charge is 0.311 e. The molecule has 1 spiro atoms. The minimum Gasteiger partial charge on any atom is -0.455 e. The molecular formula is C24H31NO3. The second kappa shape index (κ2) is 5.82. The molecule has 2 saturated heterocycles. The van der Waals surface area contributed by atoms with E-state index in [1.165, 1.54) is 17.5 Å². The first-order valence-electron chi connectivity index (χ1n) is 11.2. The Bertz CT molecular complexity index is 824. The van der Waals surface area contributed by atoms with Crippen LogP contribution in [0.2, 0.25) is 0 Å². The molecule has 5 aliphatic rings. The Kier molecular flexibility index (Phi) is 3.63. The van der Waals surface area contributed by atoms with E-state index in [0.717, 1.165) is 45.3 Å². The second-order valence-corrected chi connectivity index (χ2v) is 10.3. The van der Waals surface area contributed by atoms with Crippen LogP contribution < -0.4 is 0 Å². The molecule has 4 fully saturated rings. The molecule has 28 heavy (non-hydrogen) atoms. The summed E-state index contributed by atoms with van der Waals surface area (Å²) in [7, 11) is 0. The van der Waals surface area contributed by atoms with Gasteiger partial charge in [-0.1, -0.05) is 31.2 Å². The van der Waals surface area contributed by atoms with Crippen LogP contribution in [0.25, 0.3) is 0 Å². The van der Waals surface area contributed by atoms with Crippen LogP contribution in [0.4, 0.5) is 0 Å². The average molecular weight is 382 g/mol. The van der Waals surface area contributed by atoms with Gasteiger partial charge >= 0.3 is 5.97 Å². The van der Waals surface area contributed by atoms with Crippen LogP contribution in [0.3, 0.4) is 0 Å². The summed E-state index contributed by atoms with van der Waals surface area (Å²) in [6.45, 7) is 7.41. The second-order valence-electron chi connectivity index (χ2n) is 10.3. The van der Waals surface area contributed by atoms with Crippen molar-refractivity contribution in [3.05, 3.63) is 35.4 Å². The number of hydrogen-bond acceptors (Lipinski definition) is 4. The van der Waals surface area contributed by atoms with Crippen molar-refractivity contribution >= 4 is 5.97 Å². The quantitative estimate of drug-likeness (QED) is 0.580. The SMILES string of the molecule is C[C@H]1CC[C@@H]2[C@H](CN3CCc4ccccc4C3)C(=O)O[C@@]23[C@H]1CC[C@]1(C)O[C@@H]31. The third kappa shape index (κ3) is 2.28. The summed E-state index contributed by atoms with van der Waals surface area (Å²) < 4.78 is 12.6. The fourth-order valence-electron chi connectivity index (χ4n) is 7.25. The normalized spacial score (nSPS) is 46.8. The Morgan fingerprint density at radius 1 is 1.14 bits per heavy atom. The van der Waals surface area contributed by atoms with E-state index in [1.54, 1.807) is 0 Å². The largest absolute Gasteiger partial charge is 0.455 e. The van der Waals surface area contributed by atoms with Gasteiger partial charge in [-0.3, -0.25) is 9.69 Å². The standard InChI is InChI=1S/C24H31NO3/c1-15-7-8-20-18(14-25-12-10-16-5-3-4-6-17(16)13-25)21(26)27-24(20)19(15)9-11-23(2)22(24)28-23/h3-6,15,18-20,22H,7-14H2,1-2H3/t15-,18-,19-,20+,22+,23-,24-/m0/s1. The molecule has 4 nitrogen and oxygen atoms in total. The lowest BCUT2D eigenvalue weighted by Crippen LogP contribution is -2.58. The molecule has 3 aliphatic heterocycles. The van der Waals surface area contributed by atoms with Crippen LogP contribution >= 0.6 is 0 Å². The molecule has 4 heteroatoms. The van der Waals surface area contributed by atoms with Gasteiger partial charge in [-0.25, -0.2) is 0 Å². The molecule has 0 aromatic heterocycles. The number of hydrogen-bond donors (Lipinski definition) is 0. The van der Waals surface area contributed by atoms with Crippen LogP contribution in [0, 0.1) is 23.7 Å². The summed E-state index contributed by atoms with van der Waals surface area (Å²) >= 11 is 0. The van der Waals surface area contributed by atoms with Crippen molar-refractivity contribution in [3.8, 4) is 0 Å². The van der Waals surface area contributed by atoms with E-state index < -0.39 is 0 Å². The van der Waals surface area contributed by atoms with Crippen LogP contribution in [-0.2, 0) is 27.2 Å². The van der Waals surface area contributed by atoms with Gasteiger partial charge in [0.1, 0.15) is 11.7 Å². The summed E-state index contributed by atoms with van der Waals surface area (Å²) in [6.07, 6.45) is 5.79. The average Bonchev–Trinajstić information content (AvgIpc) is 3.32. The lowest BCUT2D eigenvalue weighted by atomic mass is 9.55. The zero-order valence-corrected chi connectivity index (χ0v) is 17.0. The molecule has 0 radical (unpaired) electrons. The fraction of sp³-hybridized carbons (Fsp3) is 0.708. The van der Waals surface area contributed by atoms with E-state index in [2.05, 4.69) is 43.0 Å². The Labute approximate surface area is 167 Å². The van der Waals surface area contributed by atoms with E-state index in [0.29, 0.717) is 17.8 Å². The Balaban J connectivity index is 1.28. The predicted octanol–water partition coefficient (Wildman–Crippen LogP) is 3.57. The molecule has 1 aromatic rings. The van der Waals surface area contributed by atoms with Gasteiger partial charge in [0.15, 0.2) is 0 Å². The van der Waals surface area contributed by atoms with Crippen molar-refractivity contribution in [2.75, 3.05) is 13.1 Å². The summed E-state index contributed by atoms with van der Waals surface area (Å²) in [5, 5.41) is 0. The van der Waals surface area contributed by atoms with Crippen LogP contribution in [0.1, 0.15) is 50.7 Å². The highest BCUT2D eigenvalue weighted by molar-refractivity contribution is 5.77. The first-order valence-corrected chi connectivity index (χ1v) is 11.2. The summed E-state index contributed by atoms with van der Waals surface area (Å²) in [6, 6.07) is 8.73. The molecule has 0 amide bonds. The maximum absolute atomic E-state index is 13.2. The van der Waals surface area contributed by atoms with E-state index in [-0.39, 0.29) is 29.2 Å². The van der Waals surface area contributed by atoms with Crippen molar-refractivity contribution in [2.24, 2.45) is 23.7 Å². The number of rotatable bonds is 2. The number of carbonyl (C=O) groups excluding carboxylic acids is 1. The highest BCUT2D eigenvalue weighted by Crippen LogP contribution is 2.66. The maximum Gasteiger partial charge on any atom is 0.311 e. The Morgan fingerprint density at radius 3 is 2.82 bits per heavy atom. The number of epoxide rings is 1. The summed E-state index contributed by atoms with van der Waals surface area (Å²) in [4.78, 5) is 15.7. The van der Waals surface area contributed by atoms with Gasteiger partial charge < -0.3 is 9.47 Å². The lowest BCUT2D eigenvalue weighted by Gasteiger charge is -2.50. The van der Waals surface area contributed by atoms with Crippen molar-refractivity contribution < 1.29 is 14.3 Å². The van der Waals surface area contributed by atoms with E-state index in [9.17, 15) is 4.79 Å². The van der Waals surface area contributed by atoms with Crippen molar-refractivity contribution in [3.63, 3.8) is 0 Å². The number of benzene rings is 1. The number of ether oxygens (including phenoxy) is 2. The van der Waals surface area contributed by atoms with Gasteiger partial charge in [0.05, 0.1) is 11.5 Å². The first kappa shape index (κ1) is 17.5. The van der Waals surface area contributed by atoms with Gasteiger partial charge in [0, 0.05) is 31.5 Å². The number of nitrogens with zero attached hydrogens (tertiary/aromatic N) is 1. The molecule has 7 atom stereocenters. The van der Waals surface area contributed by atoms with Crippen molar-refractivity contribution in [1.82, 2.24) is 4.90 Å². The van der Waals surface area contributed by atoms with Gasteiger partial charge in [-0.2, -0.15) is 0 Å². The van der Waals surface area contributed by atoms with Crippen LogP contribution in [0.15, 0.2) is 24.3 Å². The molecule has 6 rings (SSSR count). The number of esters is 1. The fourth-order valence-corrected chi connectivity index (χ4v) is 7.25. The third-order valence-corrected chi connectivity index (χ3v) is 8.76. The van der Waals surface area contributed by atoms with E-state index >= 15 is 0 Å². The van der Waals surface area contributed by atoms with Gasteiger partial charge in [0.2, 0.25) is 0 Å². The van der Waals surface area contributed by atoms with Crippen molar-refractivity contribution in [1.29, 1.82) is 0 Å². The van der Waals surface area contributed by atoms with Gasteiger partial charge in [-0.05, 0) is 56.1 Å². The summed E-state index contributed by atoms with van der Waals surface area (Å²) in [5.74, 6) is 1.47. The minimum absolute atomic E-state index is 0.00631. The summed E-state index contributed by atoms with van der Waals surface area (Å²) in [5.41, 5.74) is 2.48. The molecular weight excluding hydrogens is 350 g/mol. The molecule has 2 aliphatic carbocycles. The van der Waals surface area contributed by atoms with Gasteiger partial charge in [-0.15, -0.1) is 0 Å². The highest BCUT2D eigenvalue weighted by Gasteiger charge is 2.77. The molecule has 1 aromatic carbocycles. The molecule has 150 valence electrons. The third-order valence-electron chi connectivity index (χ3n) is 8.76. The monoisotopic (exact) mass is 381 g/mol.